The summed E-state index contributed by atoms with van der Waals surface area (Å²) in [5, 5.41) is 41.0. The zero-order valence-corrected chi connectivity index (χ0v) is 32.3. The molecule has 0 aliphatic heterocycles. The lowest BCUT2D eigenvalue weighted by Crippen LogP contribution is -2.05. The van der Waals surface area contributed by atoms with Gasteiger partial charge in [-0.1, -0.05) is 84.9 Å². The van der Waals surface area contributed by atoms with E-state index < -0.39 is 23.5 Å². The van der Waals surface area contributed by atoms with Crippen molar-refractivity contribution in [3.63, 3.8) is 0 Å². The molecule has 8 aromatic carbocycles. The summed E-state index contributed by atoms with van der Waals surface area (Å²) >= 11 is 0. The number of carbonyl (C=O) groups is 1. The number of aromatic hydroxyl groups is 2. The molecule has 0 spiro atoms. The monoisotopic (exact) mass is 838 g/mol. The molecule has 62 heavy (non-hydrogen) atoms. The van der Waals surface area contributed by atoms with Crippen LogP contribution in [0, 0.1) is 0 Å². The van der Waals surface area contributed by atoms with Crippen LogP contribution in [-0.4, -0.2) is 16.0 Å². The van der Waals surface area contributed by atoms with Gasteiger partial charge in [-0.3, -0.25) is 4.79 Å². The molecule has 0 fully saturated rings. The van der Waals surface area contributed by atoms with Gasteiger partial charge >= 0.3 is 12.4 Å². The molecular weight excluding hydrogens is 807 g/mol. The third-order valence-electron chi connectivity index (χ3n) is 10.2. The van der Waals surface area contributed by atoms with Crippen LogP contribution in [0.25, 0.3) is 21.5 Å². The maximum atomic E-state index is 13.3. The number of azo groups is 2. The van der Waals surface area contributed by atoms with E-state index in [1.165, 1.54) is 24.3 Å². The Morgan fingerprint density at radius 3 is 1.21 bits per heavy atom. The van der Waals surface area contributed by atoms with Gasteiger partial charge in [0.2, 0.25) is 0 Å². The highest BCUT2D eigenvalue weighted by molar-refractivity contribution is 6.09. The lowest BCUT2D eigenvalue weighted by molar-refractivity contribution is -0.138. The van der Waals surface area contributed by atoms with Crippen LogP contribution in [0.3, 0.4) is 0 Å². The fourth-order valence-corrected chi connectivity index (χ4v) is 7.06. The molecule has 8 rings (SSSR count). The molecule has 13 heteroatoms. The number of nitrogens with zero attached hydrogens (tertiary/aromatic N) is 4. The van der Waals surface area contributed by atoms with E-state index in [1.54, 1.807) is 97.1 Å². The van der Waals surface area contributed by atoms with E-state index in [4.69, 9.17) is 0 Å². The molecular formula is C49H32F6N4O3. The number of rotatable bonds is 10. The first-order chi connectivity index (χ1) is 29.7. The molecule has 0 radical (unpaired) electrons. The van der Waals surface area contributed by atoms with E-state index in [0.717, 1.165) is 35.4 Å². The summed E-state index contributed by atoms with van der Waals surface area (Å²) in [7, 11) is 0. The van der Waals surface area contributed by atoms with E-state index >= 15 is 0 Å². The fourth-order valence-electron chi connectivity index (χ4n) is 7.06. The van der Waals surface area contributed by atoms with Crippen molar-refractivity contribution in [1.82, 2.24) is 0 Å². The SMILES string of the molecule is O=C(c1ccc(N=Nc2c(O)ccc3cc(Cc4cccc(C(F)(F)F)c4)ccc23)cc1)c1ccc(N=Nc2c(O)ccc3cc(Cc4cccc(C(F)(F)F)c4)ccc23)cc1. The highest BCUT2D eigenvalue weighted by atomic mass is 19.4. The summed E-state index contributed by atoms with van der Waals surface area (Å²) in [6.07, 6.45) is -8.32. The average Bonchev–Trinajstić information content (AvgIpc) is 3.25. The maximum Gasteiger partial charge on any atom is 0.416 e. The van der Waals surface area contributed by atoms with Gasteiger partial charge in [0.05, 0.1) is 22.5 Å². The van der Waals surface area contributed by atoms with Gasteiger partial charge in [-0.2, -0.15) is 36.6 Å². The number of phenolic OH excluding ortho intramolecular Hbond substituents is 2. The number of phenols is 2. The average molecular weight is 839 g/mol. The number of fused-ring (bicyclic) bond motifs is 2. The number of carbonyl (C=O) groups excluding carboxylic acids is 1. The quantitative estimate of drug-likeness (QED) is 0.0813. The summed E-state index contributed by atoms with van der Waals surface area (Å²) in [6.45, 7) is 0. The molecule has 0 unspecified atom stereocenters. The van der Waals surface area contributed by atoms with Crippen molar-refractivity contribution in [3.8, 4) is 11.5 Å². The Morgan fingerprint density at radius 2 is 0.823 bits per heavy atom. The third kappa shape index (κ3) is 9.21. The van der Waals surface area contributed by atoms with Crippen molar-refractivity contribution in [2.75, 3.05) is 0 Å². The Labute approximate surface area is 350 Å². The molecule has 0 saturated carbocycles. The molecule has 308 valence electrons. The zero-order chi connectivity index (χ0) is 43.6. The summed E-state index contributed by atoms with van der Waals surface area (Å²) < 4.78 is 79.3. The van der Waals surface area contributed by atoms with Crippen LogP contribution in [0.1, 0.15) is 49.3 Å². The Morgan fingerprint density at radius 1 is 0.435 bits per heavy atom. The first-order valence-electron chi connectivity index (χ1n) is 19.1. The lowest BCUT2D eigenvalue weighted by atomic mass is 9.99. The minimum absolute atomic E-state index is 0.111. The Balaban J connectivity index is 0.926. The van der Waals surface area contributed by atoms with Gasteiger partial charge in [0.25, 0.3) is 0 Å². The van der Waals surface area contributed by atoms with Crippen molar-refractivity contribution in [3.05, 3.63) is 202 Å². The highest BCUT2D eigenvalue weighted by Gasteiger charge is 2.31. The van der Waals surface area contributed by atoms with Crippen molar-refractivity contribution < 1.29 is 41.4 Å². The van der Waals surface area contributed by atoms with Gasteiger partial charge in [-0.25, -0.2) is 0 Å². The van der Waals surface area contributed by atoms with E-state index in [0.29, 0.717) is 55.2 Å². The number of ketones is 1. The van der Waals surface area contributed by atoms with Gasteiger partial charge in [0, 0.05) is 21.9 Å². The van der Waals surface area contributed by atoms with E-state index in [1.807, 2.05) is 12.1 Å². The molecule has 8 aromatic rings. The van der Waals surface area contributed by atoms with Gasteiger partial charge in [-0.15, -0.1) is 10.2 Å². The Hall–Kier alpha value is -7.67. The number of benzene rings is 8. The van der Waals surface area contributed by atoms with Gasteiger partial charge < -0.3 is 10.2 Å². The number of halogens is 6. The zero-order valence-electron chi connectivity index (χ0n) is 32.3. The van der Waals surface area contributed by atoms with Gasteiger partial charge in [0.1, 0.15) is 22.9 Å². The second kappa shape index (κ2) is 16.8. The molecule has 0 atom stereocenters. The largest absolute Gasteiger partial charge is 0.506 e. The second-order valence-corrected chi connectivity index (χ2v) is 14.6. The minimum Gasteiger partial charge on any atom is -0.506 e. The molecule has 0 aliphatic rings. The van der Waals surface area contributed by atoms with Crippen LogP contribution in [0.5, 0.6) is 11.5 Å². The third-order valence-corrected chi connectivity index (χ3v) is 10.2. The Bertz CT molecular complexity index is 2830. The summed E-state index contributed by atoms with van der Waals surface area (Å²) in [4.78, 5) is 13.3. The van der Waals surface area contributed by atoms with Crippen LogP contribution < -0.4 is 0 Å². The highest BCUT2D eigenvalue weighted by Crippen LogP contribution is 2.39. The number of hydrogen-bond donors (Lipinski definition) is 2. The van der Waals surface area contributed by atoms with Gasteiger partial charge in [0.15, 0.2) is 5.78 Å². The molecule has 0 amide bonds. The molecule has 2 N–H and O–H groups in total. The molecule has 0 aliphatic carbocycles. The van der Waals surface area contributed by atoms with Crippen LogP contribution in [-0.2, 0) is 25.2 Å². The minimum atomic E-state index is -4.44. The van der Waals surface area contributed by atoms with E-state index in [-0.39, 0.29) is 41.5 Å². The normalized spacial score (nSPS) is 12.2. The van der Waals surface area contributed by atoms with Crippen molar-refractivity contribution in [2.24, 2.45) is 20.5 Å². The maximum absolute atomic E-state index is 13.3. The summed E-state index contributed by atoms with van der Waals surface area (Å²) in [6, 6.07) is 40.2. The molecule has 0 bridgehead atoms. The van der Waals surface area contributed by atoms with Crippen LogP contribution >= 0.6 is 0 Å². The number of alkyl halides is 6. The first kappa shape index (κ1) is 41.1. The van der Waals surface area contributed by atoms with Crippen LogP contribution in [0.4, 0.5) is 49.1 Å². The Kier molecular flexibility index (Phi) is 11.1. The van der Waals surface area contributed by atoms with Crippen molar-refractivity contribution in [1.29, 1.82) is 0 Å². The second-order valence-electron chi connectivity index (χ2n) is 14.6. The predicted octanol–water partition coefficient (Wildman–Crippen LogP) is 14.7. The van der Waals surface area contributed by atoms with Crippen molar-refractivity contribution >= 4 is 50.1 Å². The molecule has 0 aromatic heterocycles. The van der Waals surface area contributed by atoms with Crippen LogP contribution in [0.2, 0.25) is 0 Å². The first-order valence-corrected chi connectivity index (χ1v) is 19.1. The number of hydrogen-bond acceptors (Lipinski definition) is 7. The van der Waals surface area contributed by atoms with Gasteiger partial charge in [-0.05, 0) is 119 Å². The molecule has 0 heterocycles. The van der Waals surface area contributed by atoms with E-state index in [2.05, 4.69) is 20.5 Å². The van der Waals surface area contributed by atoms with Crippen LogP contribution in [0.15, 0.2) is 178 Å². The van der Waals surface area contributed by atoms with E-state index in [9.17, 15) is 41.4 Å². The van der Waals surface area contributed by atoms with Crippen molar-refractivity contribution in [2.45, 2.75) is 25.2 Å². The smallest absolute Gasteiger partial charge is 0.416 e. The molecule has 7 nitrogen and oxygen atoms in total. The summed E-state index contributed by atoms with van der Waals surface area (Å²) in [5.74, 6) is -0.489. The lowest BCUT2D eigenvalue weighted by Gasteiger charge is -2.10. The molecule has 0 saturated heterocycles. The summed E-state index contributed by atoms with van der Waals surface area (Å²) in [5.41, 5.74) is 3.17. The standard InChI is InChI=1S/C49H32F6N4O3/c50-48(51,52)37-5-1-3-29(27-37)23-31-7-19-41-35(25-31)13-21-43(60)45(41)58-56-39-15-9-33(10-16-39)47(62)34-11-17-40(18-12-34)57-59-46-42-20-8-32(26-36(42)14-22-44(46)61)24-30-4-2-6-38(28-30)49(53,54)55/h1-22,25-28,60-61H,23-24H2. The topological polar surface area (TPSA) is 107 Å². The predicted molar refractivity (Wildman–Crippen MR) is 224 cm³/mol. The fraction of sp³-hybridized carbons (Fsp3) is 0.0816.